The van der Waals surface area contributed by atoms with Gasteiger partial charge in [-0.15, -0.1) is 0 Å². The Morgan fingerprint density at radius 2 is 1.78 bits per heavy atom. The van der Waals surface area contributed by atoms with Crippen molar-refractivity contribution in [3.63, 3.8) is 0 Å². The molecule has 1 heterocycles. The molecule has 1 aliphatic rings. The summed E-state index contributed by atoms with van der Waals surface area (Å²) in [6.07, 6.45) is 2.12. The summed E-state index contributed by atoms with van der Waals surface area (Å²) in [6.45, 7) is -0.506. The zero-order valence-corrected chi connectivity index (χ0v) is 23.3. The van der Waals surface area contributed by atoms with Gasteiger partial charge in [0.1, 0.15) is 22.9 Å². The van der Waals surface area contributed by atoms with Crippen molar-refractivity contribution in [2.45, 2.75) is 24.8 Å². The Morgan fingerprint density at radius 1 is 1.15 bits per heavy atom. The lowest BCUT2D eigenvalue weighted by molar-refractivity contribution is 0.203. The highest BCUT2D eigenvalue weighted by Gasteiger charge is 2.33. The number of carbonyl (C=O) groups is 1. The third-order valence-electron chi connectivity index (χ3n) is 6.68. The molecule has 1 amide bonds. The van der Waals surface area contributed by atoms with Gasteiger partial charge in [0.05, 0.1) is 30.5 Å². The summed E-state index contributed by atoms with van der Waals surface area (Å²) < 4.78 is 57.7. The number of sulfonamides is 1. The number of amides is 1. The van der Waals surface area contributed by atoms with E-state index in [2.05, 4.69) is 5.32 Å². The van der Waals surface area contributed by atoms with Gasteiger partial charge in [0, 0.05) is 24.7 Å². The van der Waals surface area contributed by atoms with E-state index in [0.717, 1.165) is 24.7 Å². The Bertz CT molecular complexity index is 1670. The summed E-state index contributed by atoms with van der Waals surface area (Å²) in [5.41, 5.74) is 7.97. The fraction of sp³-hybridized carbons (Fsp3) is 0.276. The number of carbonyl (C=O) groups excluding carboxylic acids is 1. The molecule has 1 aliphatic carbocycles. The van der Waals surface area contributed by atoms with Crippen LogP contribution in [0.2, 0.25) is 0 Å². The topological polar surface area (TPSA) is 144 Å². The number of anilines is 1. The highest BCUT2D eigenvalue weighted by Crippen LogP contribution is 2.49. The van der Waals surface area contributed by atoms with Crippen LogP contribution >= 0.6 is 0 Å². The van der Waals surface area contributed by atoms with Crippen LogP contribution in [0, 0.1) is 5.82 Å². The quantitative estimate of drug-likeness (QED) is 0.243. The van der Waals surface area contributed by atoms with E-state index < -0.39 is 22.2 Å². The smallest absolute Gasteiger partial charge is 0.412 e. The van der Waals surface area contributed by atoms with Gasteiger partial charge in [0.15, 0.2) is 11.5 Å². The van der Waals surface area contributed by atoms with Gasteiger partial charge in [-0.05, 0) is 78.9 Å². The van der Waals surface area contributed by atoms with E-state index in [4.69, 9.17) is 19.6 Å². The maximum Gasteiger partial charge on any atom is 0.412 e. The van der Waals surface area contributed by atoms with Gasteiger partial charge < -0.3 is 30.0 Å². The number of aliphatic hydroxyl groups excluding tert-OH is 1. The Hall–Kier alpha value is -4.13. The summed E-state index contributed by atoms with van der Waals surface area (Å²) in [7, 11) is -2.32. The number of aliphatic hydroxyl groups is 1. The van der Waals surface area contributed by atoms with Gasteiger partial charge in [0.2, 0.25) is 10.0 Å². The van der Waals surface area contributed by atoms with Gasteiger partial charge in [-0.2, -0.15) is 0 Å². The number of rotatable bonds is 10. The number of hydrogen-bond acceptors (Lipinski definition) is 8. The van der Waals surface area contributed by atoms with Crippen LogP contribution in [0.1, 0.15) is 24.3 Å². The van der Waals surface area contributed by atoms with Crippen molar-refractivity contribution in [1.29, 1.82) is 0 Å². The lowest BCUT2D eigenvalue weighted by Crippen LogP contribution is -2.43. The van der Waals surface area contributed by atoms with Crippen LogP contribution in [0.3, 0.4) is 0 Å². The van der Waals surface area contributed by atoms with Gasteiger partial charge >= 0.3 is 6.09 Å². The largest absolute Gasteiger partial charge is 0.457 e. The molecule has 41 heavy (non-hydrogen) atoms. The molecule has 1 saturated carbocycles. The summed E-state index contributed by atoms with van der Waals surface area (Å²) in [5, 5.41) is 12.4. The second-order valence-corrected chi connectivity index (χ2v) is 11.8. The van der Waals surface area contributed by atoms with E-state index >= 15 is 0 Å². The molecule has 10 nitrogen and oxygen atoms in total. The van der Waals surface area contributed by atoms with Crippen LogP contribution in [0.5, 0.6) is 17.2 Å². The first-order valence-corrected chi connectivity index (χ1v) is 14.8. The number of ether oxygens (including phenoxy) is 2. The second kappa shape index (κ2) is 11.4. The number of nitrogens with one attached hydrogen (secondary N) is 1. The molecule has 0 aliphatic heterocycles. The number of benzene rings is 3. The Labute approximate surface area is 236 Å². The lowest BCUT2D eigenvalue weighted by atomic mass is 10.0. The lowest BCUT2D eigenvalue weighted by Gasteiger charge is -2.27. The van der Waals surface area contributed by atoms with Crippen LogP contribution in [-0.2, 0) is 10.0 Å². The summed E-state index contributed by atoms with van der Waals surface area (Å²) in [5.74, 6) is 1.13. The standard InChI is InChI=1S/C29H30FN3O7S/c1-32-29(35)40-28-24-13-23(17-3-4-17)25(33(41(2,36)37)15-20(31)16-34)14-26(24)39-27(28)18-5-9-21(10-6-18)38-22-11-7-19(30)8-12-22/h5-14,17,20,34H,3-4,15-16,31H2,1-2H3,(H,32,35). The Morgan fingerprint density at radius 3 is 2.34 bits per heavy atom. The minimum absolute atomic E-state index is 0.109. The molecule has 0 spiro atoms. The minimum atomic E-state index is -3.76. The maximum atomic E-state index is 13.2. The third-order valence-corrected chi connectivity index (χ3v) is 7.82. The SMILES string of the molecule is CNC(=O)Oc1c(-c2ccc(Oc3ccc(F)cc3)cc2)oc2cc(N(CC(N)CO)S(C)(=O)=O)c(C3CC3)cc12. The molecule has 4 aromatic rings. The van der Waals surface area contributed by atoms with Crippen LogP contribution in [0.15, 0.2) is 65.1 Å². The molecule has 1 atom stereocenters. The van der Waals surface area contributed by atoms with Crippen molar-refractivity contribution in [3.05, 3.63) is 72.0 Å². The Balaban J connectivity index is 1.60. The van der Waals surface area contributed by atoms with E-state index in [9.17, 15) is 22.7 Å². The van der Waals surface area contributed by atoms with Crippen LogP contribution in [-0.4, -0.2) is 52.1 Å². The van der Waals surface area contributed by atoms with Crippen LogP contribution in [0.4, 0.5) is 14.9 Å². The monoisotopic (exact) mass is 583 g/mol. The minimum Gasteiger partial charge on any atom is -0.457 e. The van der Waals surface area contributed by atoms with Crippen molar-refractivity contribution in [2.24, 2.45) is 5.73 Å². The fourth-order valence-corrected chi connectivity index (χ4v) is 5.47. The third kappa shape index (κ3) is 6.29. The number of nitrogens with zero attached hydrogens (tertiary/aromatic N) is 1. The van der Waals surface area contributed by atoms with E-state index in [-0.39, 0.29) is 36.4 Å². The molecule has 0 saturated heterocycles. The molecule has 0 radical (unpaired) electrons. The van der Waals surface area contributed by atoms with Gasteiger partial charge in [0.25, 0.3) is 0 Å². The number of fused-ring (bicyclic) bond motifs is 1. The molecule has 216 valence electrons. The van der Waals surface area contributed by atoms with E-state index in [1.165, 1.54) is 35.6 Å². The van der Waals surface area contributed by atoms with Gasteiger partial charge in [-0.3, -0.25) is 4.31 Å². The summed E-state index contributed by atoms with van der Waals surface area (Å²) in [6, 6.07) is 15.1. The summed E-state index contributed by atoms with van der Waals surface area (Å²) in [4.78, 5) is 12.3. The second-order valence-electron chi connectivity index (χ2n) is 9.90. The average molecular weight is 584 g/mol. The molecular formula is C29H30FN3O7S. The fourth-order valence-electron chi connectivity index (χ4n) is 4.49. The highest BCUT2D eigenvalue weighted by molar-refractivity contribution is 7.92. The first-order valence-electron chi connectivity index (χ1n) is 13.0. The Kier molecular flexibility index (Phi) is 7.89. The maximum absolute atomic E-state index is 13.2. The van der Waals surface area contributed by atoms with Gasteiger partial charge in [-0.25, -0.2) is 17.6 Å². The van der Waals surface area contributed by atoms with E-state index in [1.54, 1.807) is 36.4 Å². The normalized spacial score (nSPS) is 14.1. The first kappa shape index (κ1) is 28.4. The molecule has 1 unspecified atom stereocenters. The van der Waals surface area contributed by atoms with Crippen LogP contribution < -0.4 is 24.8 Å². The number of hydrogen-bond donors (Lipinski definition) is 3. The zero-order chi connectivity index (χ0) is 29.3. The molecular weight excluding hydrogens is 553 g/mol. The van der Waals surface area contributed by atoms with Crippen molar-refractivity contribution < 1.29 is 36.6 Å². The molecule has 1 aromatic heterocycles. The molecule has 5 rings (SSSR count). The average Bonchev–Trinajstić information content (AvgIpc) is 3.74. The zero-order valence-electron chi connectivity index (χ0n) is 22.5. The molecule has 1 fully saturated rings. The predicted molar refractivity (Wildman–Crippen MR) is 152 cm³/mol. The molecule has 4 N–H and O–H groups in total. The number of nitrogens with two attached hydrogens (primary N) is 1. The highest BCUT2D eigenvalue weighted by atomic mass is 32.2. The van der Waals surface area contributed by atoms with Crippen LogP contribution in [0.25, 0.3) is 22.3 Å². The molecule has 0 bridgehead atoms. The first-order chi connectivity index (χ1) is 19.6. The van der Waals surface area contributed by atoms with Gasteiger partial charge in [-0.1, -0.05) is 0 Å². The number of furan rings is 1. The summed E-state index contributed by atoms with van der Waals surface area (Å²) >= 11 is 0. The van der Waals surface area contributed by atoms with Crippen molar-refractivity contribution >= 4 is 32.8 Å². The van der Waals surface area contributed by atoms with E-state index in [1.807, 2.05) is 0 Å². The van der Waals surface area contributed by atoms with Crippen molar-refractivity contribution in [3.8, 4) is 28.6 Å². The van der Waals surface area contributed by atoms with Crippen molar-refractivity contribution in [2.75, 3.05) is 30.8 Å². The van der Waals surface area contributed by atoms with E-state index in [0.29, 0.717) is 33.7 Å². The number of halogens is 1. The predicted octanol–water partition coefficient (Wildman–Crippen LogP) is 4.71. The van der Waals surface area contributed by atoms with Crippen molar-refractivity contribution in [1.82, 2.24) is 5.32 Å². The molecule has 12 heteroatoms. The molecule has 3 aromatic carbocycles.